The van der Waals surface area contributed by atoms with Crippen molar-refractivity contribution in [1.82, 2.24) is 15.5 Å². The normalized spacial score (nSPS) is 28.8. The minimum atomic E-state index is -3.06. The van der Waals surface area contributed by atoms with E-state index >= 15 is 0 Å². The van der Waals surface area contributed by atoms with Gasteiger partial charge >= 0.3 is 0 Å². The van der Waals surface area contributed by atoms with Crippen LogP contribution in [0.3, 0.4) is 0 Å². The highest BCUT2D eigenvalue weighted by Crippen LogP contribution is 2.19. The second-order valence-electron chi connectivity index (χ2n) is 5.83. The quantitative estimate of drug-likeness (QED) is 0.647. The monoisotopic (exact) mass is 303 g/mol. The minimum Gasteiger partial charge on any atom is -0.352 e. The summed E-state index contributed by atoms with van der Waals surface area (Å²) in [6, 6.07) is -0.359. The first kappa shape index (κ1) is 15.2. The van der Waals surface area contributed by atoms with E-state index in [1.807, 2.05) is 0 Å². The number of carbonyl (C=O) groups is 2. The second-order valence-corrected chi connectivity index (χ2v) is 8.06. The van der Waals surface area contributed by atoms with Gasteiger partial charge in [0.1, 0.15) is 5.54 Å². The highest BCUT2D eigenvalue weighted by molar-refractivity contribution is 7.91. The fourth-order valence-corrected chi connectivity index (χ4v) is 4.10. The van der Waals surface area contributed by atoms with Crippen molar-refractivity contribution in [2.75, 3.05) is 31.1 Å². The Morgan fingerprint density at radius 2 is 2.10 bits per heavy atom. The first-order valence-corrected chi connectivity index (χ1v) is 8.57. The van der Waals surface area contributed by atoms with Gasteiger partial charge in [-0.15, -0.1) is 0 Å². The molecular weight excluding hydrogens is 282 g/mol. The molecule has 20 heavy (non-hydrogen) atoms. The van der Waals surface area contributed by atoms with Crippen molar-refractivity contribution in [1.29, 1.82) is 0 Å². The number of rotatable bonds is 2. The maximum absolute atomic E-state index is 12.3. The Labute approximate surface area is 119 Å². The molecule has 8 heteroatoms. The standard InChI is InChI=1S/C12H21N3O4S/c1-12(2)11(17)14-3-5-15(12)10(16)7-9-8-20(18,19)6-4-13-9/h9,13H,3-8H2,1-2H3,(H,14,17). The number of sulfone groups is 1. The average Bonchev–Trinajstić information content (AvgIpc) is 2.31. The summed E-state index contributed by atoms with van der Waals surface area (Å²) in [5.74, 6) is -0.255. The van der Waals surface area contributed by atoms with Crippen LogP contribution in [0.1, 0.15) is 20.3 Å². The lowest BCUT2D eigenvalue weighted by Crippen LogP contribution is -2.64. The van der Waals surface area contributed by atoms with Gasteiger partial charge in [-0.25, -0.2) is 8.42 Å². The molecule has 2 aliphatic heterocycles. The Kier molecular flexibility index (Phi) is 4.06. The van der Waals surface area contributed by atoms with Gasteiger partial charge in [-0.3, -0.25) is 9.59 Å². The molecular formula is C12H21N3O4S. The van der Waals surface area contributed by atoms with E-state index in [2.05, 4.69) is 10.6 Å². The Morgan fingerprint density at radius 3 is 2.75 bits per heavy atom. The number of amides is 2. The fourth-order valence-electron chi connectivity index (χ4n) is 2.66. The molecule has 0 radical (unpaired) electrons. The van der Waals surface area contributed by atoms with Gasteiger partial charge in [0.05, 0.1) is 11.5 Å². The lowest BCUT2D eigenvalue weighted by Gasteiger charge is -2.42. The topological polar surface area (TPSA) is 95.6 Å². The predicted molar refractivity (Wildman–Crippen MR) is 73.9 cm³/mol. The zero-order valence-corrected chi connectivity index (χ0v) is 12.6. The molecule has 2 aliphatic rings. The summed E-state index contributed by atoms with van der Waals surface area (Å²) in [4.78, 5) is 25.7. The van der Waals surface area contributed by atoms with E-state index in [1.165, 1.54) is 4.90 Å². The fraction of sp³-hybridized carbons (Fsp3) is 0.833. The van der Waals surface area contributed by atoms with Crippen molar-refractivity contribution in [2.45, 2.75) is 31.8 Å². The number of hydrogen-bond donors (Lipinski definition) is 2. The van der Waals surface area contributed by atoms with Gasteiger partial charge in [0, 0.05) is 32.1 Å². The first-order valence-electron chi connectivity index (χ1n) is 6.75. The van der Waals surface area contributed by atoms with Crippen LogP contribution in [0.4, 0.5) is 0 Å². The molecule has 0 aliphatic carbocycles. The lowest BCUT2D eigenvalue weighted by atomic mass is 9.98. The zero-order valence-electron chi connectivity index (χ0n) is 11.8. The van der Waals surface area contributed by atoms with Gasteiger partial charge in [0.15, 0.2) is 9.84 Å². The summed E-state index contributed by atoms with van der Waals surface area (Å²) in [6.45, 7) is 4.67. The van der Waals surface area contributed by atoms with E-state index in [9.17, 15) is 18.0 Å². The van der Waals surface area contributed by atoms with Gasteiger partial charge in [-0.05, 0) is 13.8 Å². The van der Waals surface area contributed by atoms with Crippen LogP contribution in [0.25, 0.3) is 0 Å². The predicted octanol–water partition coefficient (Wildman–Crippen LogP) is -1.50. The highest BCUT2D eigenvalue weighted by atomic mass is 32.2. The molecule has 2 amide bonds. The van der Waals surface area contributed by atoms with Crippen molar-refractivity contribution >= 4 is 21.7 Å². The van der Waals surface area contributed by atoms with E-state index in [0.29, 0.717) is 19.6 Å². The van der Waals surface area contributed by atoms with Crippen LogP contribution in [0.15, 0.2) is 0 Å². The minimum absolute atomic E-state index is 0.0147. The Balaban J connectivity index is 2.03. The van der Waals surface area contributed by atoms with Gasteiger partial charge < -0.3 is 15.5 Å². The maximum Gasteiger partial charge on any atom is 0.245 e. The summed E-state index contributed by atoms with van der Waals surface area (Å²) < 4.78 is 23.1. The van der Waals surface area contributed by atoms with Crippen molar-refractivity contribution in [3.63, 3.8) is 0 Å². The first-order chi connectivity index (χ1) is 9.22. The Morgan fingerprint density at radius 1 is 1.40 bits per heavy atom. The summed E-state index contributed by atoms with van der Waals surface area (Å²) in [6.07, 6.45) is 0.107. The van der Waals surface area contributed by atoms with Crippen LogP contribution in [0.2, 0.25) is 0 Å². The van der Waals surface area contributed by atoms with Crippen molar-refractivity contribution in [3.05, 3.63) is 0 Å². The summed E-state index contributed by atoms with van der Waals surface area (Å²) in [5.41, 5.74) is -0.886. The molecule has 114 valence electrons. The van der Waals surface area contributed by atoms with E-state index in [4.69, 9.17) is 0 Å². The molecule has 0 aromatic carbocycles. The number of piperazine rings is 1. The van der Waals surface area contributed by atoms with Gasteiger partial charge in [-0.2, -0.15) is 0 Å². The van der Waals surface area contributed by atoms with Crippen LogP contribution < -0.4 is 10.6 Å². The number of nitrogens with one attached hydrogen (secondary N) is 2. The molecule has 2 heterocycles. The Bertz CT molecular complexity index is 515. The molecule has 7 nitrogen and oxygen atoms in total. The Hall–Kier alpha value is -1.15. The van der Waals surface area contributed by atoms with Crippen LogP contribution in [-0.2, 0) is 19.4 Å². The van der Waals surface area contributed by atoms with E-state index in [-0.39, 0.29) is 35.8 Å². The SMILES string of the molecule is CC1(C)C(=O)NCCN1C(=O)CC1CS(=O)(=O)CCN1. The van der Waals surface area contributed by atoms with Crippen LogP contribution in [0, 0.1) is 0 Å². The largest absolute Gasteiger partial charge is 0.352 e. The third kappa shape index (κ3) is 3.12. The summed E-state index contributed by atoms with van der Waals surface area (Å²) in [7, 11) is -3.06. The molecule has 0 aromatic heterocycles. The number of nitrogens with zero attached hydrogens (tertiary/aromatic N) is 1. The smallest absolute Gasteiger partial charge is 0.245 e. The number of carbonyl (C=O) groups excluding carboxylic acids is 2. The van der Waals surface area contributed by atoms with E-state index < -0.39 is 15.4 Å². The van der Waals surface area contributed by atoms with Gasteiger partial charge in [-0.1, -0.05) is 0 Å². The van der Waals surface area contributed by atoms with Crippen molar-refractivity contribution in [2.24, 2.45) is 0 Å². The van der Waals surface area contributed by atoms with Crippen molar-refractivity contribution < 1.29 is 18.0 Å². The number of hydrogen-bond acceptors (Lipinski definition) is 5. The highest BCUT2D eigenvalue weighted by Gasteiger charge is 2.41. The summed E-state index contributed by atoms with van der Waals surface area (Å²) >= 11 is 0. The lowest BCUT2D eigenvalue weighted by molar-refractivity contribution is -0.149. The van der Waals surface area contributed by atoms with Crippen molar-refractivity contribution in [3.8, 4) is 0 Å². The third-order valence-corrected chi connectivity index (χ3v) is 5.61. The molecule has 2 N–H and O–H groups in total. The molecule has 1 atom stereocenters. The molecule has 1 unspecified atom stereocenters. The molecule has 0 aromatic rings. The molecule has 0 saturated carbocycles. The third-order valence-electron chi connectivity index (χ3n) is 3.87. The average molecular weight is 303 g/mol. The van der Waals surface area contributed by atoms with Gasteiger partial charge in [0.2, 0.25) is 11.8 Å². The molecule has 2 saturated heterocycles. The van der Waals surface area contributed by atoms with E-state index in [0.717, 1.165) is 0 Å². The van der Waals surface area contributed by atoms with E-state index in [1.54, 1.807) is 13.8 Å². The maximum atomic E-state index is 12.3. The van der Waals surface area contributed by atoms with Crippen LogP contribution >= 0.6 is 0 Å². The van der Waals surface area contributed by atoms with Gasteiger partial charge in [0.25, 0.3) is 0 Å². The molecule has 2 fully saturated rings. The second kappa shape index (κ2) is 5.33. The zero-order chi connectivity index (χ0) is 15.0. The molecule has 0 spiro atoms. The van der Waals surface area contributed by atoms with Crippen LogP contribution in [0.5, 0.6) is 0 Å². The molecule has 2 rings (SSSR count). The van der Waals surface area contributed by atoms with Crippen LogP contribution in [-0.4, -0.2) is 67.9 Å². The molecule has 0 bridgehead atoms. The summed E-state index contributed by atoms with van der Waals surface area (Å²) in [5, 5.41) is 5.79.